The molecule has 1 N–H and O–H groups in total. The highest BCUT2D eigenvalue weighted by molar-refractivity contribution is 5.93. The van der Waals surface area contributed by atoms with Gasteiger partial charge in [-0.25, -0.2) is 0 Å². The summed E-state index contributed by atoms with van der Waals surface area (Å²) in [5, 5.41) is 2.95. The Kier molecular flexibility index (Phi) is 7.16. The highest BCUT2D eigenvalue weighted by atomic mass is 16.5. The van der Waals surface area contributed by atoms with E-state index in [0.717, 1.165) is 31.4 Å². The van der Waals surface area contributed by atoms with Gasteiger partial charge in [-0.3, -0.25) is 9.59 Å². The number of furan rings is 1. The van der Waals surface area contributed by atoms with Crippen LogP contribution in [0, 0.1) is 5.92 Å². The Morgan fingerprint density at radius 3 is 2.83 bits per heavy atom. The topological polar surface area (TPSA) is 81.0 Å². The molecule has 1 saturated heterocycles. The summed E-state index contributed by atoms with van der Waals surface area (Å²) in [5.74, 6) is 1.73. The Hall–Kier alpha value is -2.96. The number of hydrogen-bond acceptors (Lipinski definition) is 5. The molecule has 7 heteroatoms. The second kappa shape index (κ2) is 10.0. The lowest BCUT2D eigenvalue weighted by Crippen LogP contribution is -2.40. The van der Waals surface area contributed by atoms with Gasteiger partial charge in [0.2, 0.25) is 5.91 Å². The standard InChI is InChI=1S/C22H28N2O5/c1-27-19-7-6-17(20(12-19)28-2)13-23-21(25)8-5-16-4-3-10-24(14-16)22(26)18-9-11-29-15-18/h6-7,9,11-12,15-16H,3-5,8,10,13-14H2,1-2H3,(H,23,25)/t16-/m0/s1. The number of ether oxygens (including phenoxy) is 2. The smallest absolute Gasteiger partial charge is 0.257 e. The summed E-state index contributed by atoms with van der Waals surface area (Å²) < 4.78 is 15.6. The Morgan fingerprint density at radius 2 is 2.10 bits per heavy atom. The molecule has 1 aromatic carbocycles. The first-order valence-electron chi connectivity index (χ1n) is 9.89. The van der Waals surface area contributed by atoms with Gasteiger partial charge < -0.3 is 24.1 Å². The van der Waals surface area contributed by atoms with E-state index in [0.29, 0.717) is 42.5 Å². The van der Waals surface area contributed by atoms with Gasteiger partial charge in [0.1, 0.15) is 17.8 Å². The van der Waals surface area contributed by atoms with E-state index in [4.69, 9.17) is 13.9 Å². The molecule has 1 fully saturated rings. The molecule has 29 heavy (non-hydrogen) atoms. The summed E-state index contributed by atoms with van der Waals surface area (Å²) in [6.45, 7) is 1.84. The number of piperidine rings is 1. The molecule has 0 radical (unpaired) electrons. The first-order valence-corrected chi connectivity index (χ1v) is 9.89. The van der Waals surface area contributed by atoms with Crippen LogP contribution in [0.4, 0.5) is 0 Å². The third-order valence-corrected chi connectivity index (χ3v) is 5.32. The van der Waals surface area contributed by atoms with Crippen molar-refractivity contribution in [2.24, 2.45) is 5.92 Å². The summed E-state index contributed by atoms with van der Waals surface area (Å²) >= 11 is 0. The molecule has 1 aliphatic rings. The van der Waals surface area contributed by atoms with Crippen LogP contribution in [0.2, 0.25) is 0 Å². The van der Waals surface area contributed by atoms with Crippen molar-refractivity contribution in [2.45, 2.75) is 32.2 Å². The van der Waals surface area contributed by atoms with Crippen molar-refractivity contribution >= 4 is 11.8 Å². The fraction of sp³-hybridized carbons (Fsp3) is 0.455. The van der Waals surface area contributed by atoms with E-state index >= 15 is 0 Å². The van der Waals surface area contributed by atoms with E-state index in [-0.39, 0.29) is 11.8 Å². The number of amides is 2. The van der Waals surface area contributed by atoms with Crippen LogP contribution in [0.5, 0.6) is 11.5 Å². The number of carbonyl (C=O) groups excluding carboxylic acids is 2. The minimum absolute atomic E-state index is 0.000461. The fourth-order valence-corrected chi connectivity index (χ4v) is 3.67. The van der Waals surface area contributed by atoms with E-state index in [1.807, 2.05) is 17.0 Å². The molecule has 1 aliphatic heterocycles. The van der Waals surface area contributed by atoms with Crippen LogP contribution in [0.25, 0.3) is 0 Å². The molecule has 0 unspecified atom stereocenters. The second-order valence-electron chi connectivity index (χ2n) is 7.26. The highest BCUT2D eigenvalue weighted by Gasteiger charge is 2.25. The van der Waals surface area contributed by atoms with Gasteiger partial charge in [-0.05, 0) is 43.4 Å². The van der Waals surface area contributed by atoms with Crippen LogP contribution in [-0.2, 0) is 11.3 Å². The lowest BCUT2D eigenvalue weighted by molar-refractivity contribution is -0.121. The Bertz CT molecular complexity index is 819. The summed E-state index contributed by atoms with van der Waals surface area (Å²) in [6.07, 6.45) is 6.19. The molecule has 2 heterocycles. The van der Waals surface area contributed by atoms with Gasteiger partial charge in [0.05, 0.1) is 26.0 Å². The van der Waals surface area contributed by atoms with E-state index in [2.05, 4.69) is 5.32 Å². The van der Waals surface area contributed by atoms with Crippen LogP contribution < -0.4 is 14.8 Å². The second-order valence-corrected chi connectivity index (χ2v) is 7.26. The first-order chi connectivity index (χ1) is 14.1. The number of likely N-dealkylation sites (tertiary alicyclic amines) is 1. The molecule has 2 aromatic rings. The van der Waals surface area contributed by atoms with Gasteiger partial charge in [0.15, 0.2) is 0 Å². The van der Waals surface area contributed by atoms with Crippen molar-refractivity contribution in [3.8, 4) is 11.5 Å². The average Bonchev–Trinajstić information content (AvgIpc) is 3.30. The molecule has 0 bridgehead atoms. The van der Waals surface area contributed by atoms with Crippen LogP contribution in [-0.4, -0.2) is 44.0 Å². The SMILES string of the molecule is COc1ccc(CNC(=O)CC[C@@H]2CCCN(C(=O)c3ccoc3)C2)c(OC)c1. The maximum absolute atomic E-state index is 12.5. The minimum atomic E-state index is -0.000461. The van der Waals surface area contributed by atoms with E-state index in [9.17, 15) is 9.59 Å². The third kappa shape index (κ3) is 5.53. The van der Waals surface area contributed by atoms with Gasteiger partial charge in [-0.1, -0.05) is 0 Å². The Labute approximate surface area is 171 Å². The lowest BCUT2D eigenvalue weighted by Gasteiger charge is -2.32. The van der Waals surface area contributed by atoms with E-state index in [1.54, 1.807) is 26.4 Å². The van der Waals surface area contributed by atoms with E-state index in [1.165, 1.54) is 12.5 Å². The summed E-state index contributed by atoms with van der Waals surface area (Å²) in [4.78, 5) is 26.7. The van der Waals surface area contributed by atoms with Crippen LogP contribution >= 0.6 is 0 Å². The van der Waals surface area contributed by atoms with Gasteiger partial charge >= 0.3 is 0 Å². The molecular formula is C22H28N2O5. The lowest BCUT2D eigenvalue weighted by atomic mass is 9.93. The number of carbonyl (C=O) groups is 2. The predicted molar refractivity (Wildman–Crippen MR) is 108 cm³/mol. The van der Waals surface area contributed by atoms with Crippen LogP contribution in [0.3, 0.4) is 0 Å². The fourth-order valence-electron chi connectivity index (χ4n) is 3.67. The van der Waals surface area contributed by atoms with Gasteiger partial charge in [0, 0.05) is 37.7 Å². The largest absolute Gasteiger partial charge is 0.497 e. The van der Waals surface area contributed by atoms with Crippen molar-refractivity contribution in [3.05, 3.63) is 47.9 Å². The molecule has 0 aliphatic carbocycles. The van der Waals surface area contributed by atoms with Crippen molar-refractivity contribution in [3.63, 3.8) is 0 Å². The molecule has 0 saturated carbocycles. The zero-order chi connectivity index (χ0) is 20.6. The maximum Gasteiger partial charge on any atom is 0.257 e. The zero-order valence-electron chi connectivity index (χ0n) is 17.0. The number of rotatable bonds is 8. The molecule has 3 rings (SSSR count). The monoisotopic (exact) mass is 400 g/mol. The van der Waals surface area contributed by atoms with Gasteiger partial charge in [0.25, 0.3) is 5.91 Å². The Balaban J connectivity index is 1.45. The van der Waals surface area contributed by atoms with E-state index < -0.39 is 0 Å². The molecule has 1 atom stereocenters. The number of nitrogens with one attached hydrogen (secondary N) is 1. The molecular weight excluding hydrogens is 372 g/mol. The van der Waals surface area contributed by atoms with Crippen molar-refractivity contribution in [1.82, 2.24) is 10.2 Å². The summed E-state index contributed by atoms with van der Waals surface area (Å²) in [6, 6.07) is 7.22. The molecule has 0 spiro atoms. The summed E-state index contributed by atoms with van der Waals surface area (Å²) in [7, 11) is 3.20. The Morgan fingerprint density at radius 1 is 1.24 bits per heavy atom. The molecule has 7 nitrogen and oxygen atoms in total. The molecule has 2 amide bonds. The van der Waals surface area contributed by atoms with Crippen LogP contribution in [0.15, 0.2) is 41.2 Å². The minimum Gasteiger partial charge on any atom is -0.497 e. The summed E-state index contributed by atoms with van der Waals surface area (Å²) in [5.41, 5.74) is 1.48. The van der Waals surface area contributed by atoms with Crippen molar-refractivity contribution in [2.75, 3.05) is 27.3 Å². The number of nitrogens with zero attached hydrogens (tertiary/aromatic N) is 1. The predicted octanol–water partition coefficient (Wildman–Crippen LogP) is 3.25. The zero-order valence-corrected chi connectivity index (χ0v) is 17.0. The quantitative estimate of drug-likeness (QED) is 0.736. The first kappa shape index (κ1) is 20.8. The number of benzene rings is 1. The maximum atomic E-state index is 12.5. The van der Waals surface area contributed by atoms with Crippen LogP contribution in [0.1, 0.15) is 41.6 Å². The van der Waals surface area contributed by atoms with Gasteiger partial charge in [-0.2, -0.15) is 0 Å². The number of hydrogen-bond donors (Lipinski definition) is 1. The normalized spacial score (nSPS) is 16.3. The van der Waals surface area contributed by atoms with Crippen molar-refractivity contribution < 1.29 is 23.5 Å². The van der Waals surface area contributed by atoms with Gasteiger partial charge in [-0.15, -0.1) is 0 Å². The van der Waals surface area contributed by atoms with Crippen molar-refractivity contribution in [1.29, 1.82) is 0 Å². The molecule has 156 valence electrons. The third-order valence-electron chi connectivity index (χ3n) is 5.32. The highest BCUT2D eigenvalue weighted by Crippen LogP contribution is 2.25. The number of methoxy groups -OCH3 is 2. The average molecular weight is 400 g/mol. The molecule has 1 aromatic heterocycles.